The maximum Gasteiger partial charge on any atom is 0.303 e. The predicted octanol–water partition coefficient (Wildman–Crippen LogP) is 1.81. The molecule has 0 aliphatic heterocycles. The Labute approximate surface area is 126 Å². The van der Waals surface area contributed by atoms with E-state index in [1.807, 2.05) is 0 Å². The highest BCUT2D eigenvalue weighted by Crippen LogP contribution is 2.40. The van der Waals surface area contributed by atoms with Crippen molar-refractivity contribution >= 4 is 17.5 Å². The first-order valence-electron chi connectivity index (χ1n) is 6.70. The summed E-state index contributed by atoms with van der Waals surface area (Å²) in [6.07, 6.45) is 13.2. The molecule has 0 amide bonds. The van der Waals surface area contributed by atoms with Gasteiger partial charge in [-0.15, -0.1) is 0 Å². The van der Waals surface area contributed by atoms with E-state index in [0.29, 0.717) is 11.8 Å². The number of hydrogen-bond donors (Lipinski definition) is 1. The maximum atomic E-state index is 12.7. The van der Waals surface area contributed by atoms with Gasteiger partial charge in [0.15, 0.2) is 11.6 Å². The summed E-state index contributed by atoms with van der Waals surface area (Å²) in [5.41, 5.74) is -1.36. The van der Waals surface area contributed by atoms with Gasteiger partial charge in [0, 0.05) is 18.3 Å². The van der Waals surface area contributed by atoms with E-state index < -0.39 is 11.4 Å². The zero-order valence-electron chi connectivity index (χ0n) is 11.7. The number of carboxylic acids is 1. The van der Waals surface area contributed by atoms with Gasteiger partial charge in [0.1, 0.15) is 0 Å². The highest BCUT2D eigenvalue weighted by Gasteiger charge is 2.48. The molecular formula is C17H16O4. The van der Waals surface area contributed by atoms with E-state index in [1.54, 1.807) is 51.4 Å². The number of Topliss-reactive ketones (excluding diaryl/α,β-unsaturated/α-hetero) is 2. The van der Waals surface area contributed by atoms with E-state index in [0.717, 1.165) is 0 Å². The zero-order valence-corrected chi connectivity index (χ0v) is 11.7. The van der Waals surface area contributed by atoms with Crippen LogP contribution in [0.15, 0.2) is 0 Å². The summed E-state index contributed by atoms with van der Waals surface area (Å²) in [7, 11) is 0. The van der Waals surface area contributed by atoms with Crippen LogP contribution in [0.4, 0.5) is 0 Å². The summed E-state index contributed by atoms with van der Waals surface area (Å²) < 4.78 is 0. The quantitative estimate of drug-likeness (QED) is 0.724. The number of ketones is 2. The molecule has 10 radical (unpaired) electrons. The molecule has 0 saturated heterocycles. The minimum absolute atomic E-state index is 0.0175. The Hall–Kier alpha value is -1.19. The number of carboxylic acid groups (broad SMARTS) is 1. The highest BCUT2D eigenvalue weighted by atomic mass is 16.4. The van der Waals surface area contributed by atoms with Crippen molar-refractivity contribution in [2.24, 2.45) is 5.41 Å². The van der Waals surface area contributed by atoms with Crippen molar-refractivity contribution in [1.82, 2.24) is 0 Å². The molecule has 0 aromatic rings. The van der Waals surface area contributed by atoms with Crippen molar-refractivity contribution in [2.45, 2.75) is 19.8 Å². The molecule has 2 aliphatic carbocycles. The van der Waals surface area contributed by atoms with Crippen LogP contribution in [0.3, 0.4) is 0 Å². The van der Waals surface area contributed by atoms with Gasteiger partial charge in [-0.1, -0.05) is 0 Å². The van der Waals surface area contributed by atoms with Crippen LogP contribution in [0.1, 0.15) is 19.8 Å². The molecule has 0 atom stereocenters. The summed E-state index contributed by atoms with van der Waals surface area (Å²) in [4.78, 5) is 36.2. The zero-order chi connectivity index (χ0) is 15.5. The number of hydrogen-bond acceptors (Lipinski definition) is 3. The van der Waals surface area contributed by atoms with Crippen LogP contribution in [0.2, 0.25) is 0 Å². The second-order valence-electron chi connectivity index (χ2n) is 5.23. The minimum atomic E-state index is -1.36. The fraction of sp³-hybridized carbons (Fsp3) is 0.235. The molecule has 0 bridgehead atoms. The van der Waals surface area contributed by atoms with Gasteiger partial charge in [0.2, 0.25) is 0 Å². The van der Waals surface area contributed by atoms with Crippen LogP contribution in [-0.2, 0) is 14.4 Å². The first-order valence-corrected chi connectivity index (χ1v) is 6.70. The molecule has 0 spiro atoms. The molecule has 2 aliphatic rings. The Balaban J connectivity index is 2.17. The molecule has 0 unspecified atom stereocenters. The molecule has 4 heteroatoms. The molecule has 0 aromatic carbocycles. The SMILES string of the molecule is CC(CCC(=O)O)(C(=O)[C]1[CH][CH][CH][CH]1)C(=O)[C]1[CH][CH][CH][CH]1. The molecule has 4 nitrogen and oxygen atoms in total. The monoisotopic (exact) mass is 284 g/mol. The molecule has 2 saturated carbocycles. The van der Waals surface area contributed by atoms with Crippen molar-refractivity contribution in [3.63, 3.8) is 0 Å². The predicted molar refractivity (Wildman–Crippen MR) is 75.9 cm³/mol. The summed E-state index contributed by atoms with van der Waals surface area (Å²) in [5, 5.41) is 8.88. The molecule has 0 aromatic heterocycles. The largest absolute Gasteiger partial charge is 0.481 e. The van der Waals surface area contributed by atoms with Gasteiger partial charge in [-0.2, -0.15) is 0 Å². The van der Waals surface area contributed by atoms with Gasteiger partial charge in [-0.25, -0.2) is 0 Å². The topological polar surface area (TPSA) is 71.4 Å². The van der Waals surface area contributed by atoms with Crippen molar-refractivity contribution in [3.05, 3.63) is 63.2 Å². The van der Waals surface area contributed by atoms with E-state index in [9.17, 15) is 14.4 Å². The van der Waals surface area contributed by atoms with Gasteiger partial charge in [-0.3, -0.25) is 14.4 Å². The third-order valence-corrected chi connectivity index (χ3v) is 3.69. The number of aliphatic carboxylic acids is 1. The van der Waals surface area contributed by atoms with Crippen LogP contribution in [0.25, 0.3) is 0 Å². The lowest BCUT2D eigenvalue weighted by Crippen LogP contribution is -2.42. The lowest BCUT2D eigenvalue weighted by Gasteiger charge is -2.30. The van der Waals surface area contributed by atoms with E-state index in [2.05, 4.69) is 0 Å². The van der Waals surface area contributed by atoms with E-state index in [4.69, 9.17) is 5.11 Å². The standard InChI is InChI=1S/C17H16O4/c1-17(11-10-14(18)19,15(20)12-6-2-3-7-12)16(21)13-8-4-5-9-13/h2-9H,10-11H2,1H3,(H,18,19). The Bertz CT molecular complexity index is 387. The molecular weight excluding hydrogens is 268 g/mol. The third-order valence-electron chi connectivity index (χ3n) is 3.69. The van der Waals surface area contributed by atoms with Crippen molar-refractivity contribution in [2.75, 3.05) is 0 Å². The maximum absolute atomic E-state index is 12.7. The average molecular weight is 284 g/mol. The Morgan fingerprint density at radius 3 is 1.62 bits per heavy atom. The van der Waals surface area contributed by atoms with E-state index >= 15 is 0 Å². The summed E-state index contributed by atoms with van der Waals surface area (Å²) in [6.45, 7) is 1.53. The molecule has 21 heavy (non-hydrogen) atoms. The summed E-state index contributed by atoms with van der Waals surface area (Å²) >= 11 is 0. The normalized spacial score (nSPS) is 20.8. The fourth-order valence-electron chi connectivity index (χ4n) is 2.38. The molecule has 2 rings (SSSR count). The average Bonchev–Trinajstić information content (AvgIpc) is 3.14. The van der Waals surface area contributed by atoms with Crippen molar-refractivity contribution < 1.29 is 19.5 Å². The number of rotatable bonds is 7. The second kappa shape index (κ2) is 6.71. The molecule has 2 fully saturated rings. The Morgan fingerprint density at radius 1 is 0.905 bits per heavy atom. The first-order chi connectivity index (χ1) is 9.95. The van der Waals surface area contributed by atoms with Crippen LogP contribution in [0, 0.1) is 68.6 Å². The highest BCUT2D eigenvalue weighted by molar-refractivity contribution is 6.19. The molecule has 0 heterocycles. The van der Waals surface area contributed by atoms with Gasteiger partial charge in [0.05, 0.1) is 5.41 Å². The second-order valence-corrected chi connectivity index (χ2v) is 5.23. The third kappa shape index (κ3) is 3.53. The molecule has 1 N–H and O–H groups in total. The van der Waals surface area contributed by atoms with E-state index in [-0.39, 0.29) is 24.4 Å². The minimum Gasteiger partial charge on any atom is -0.481 e. The van der Waals surface area contributed by atoms with Crippen LogP contribution in [0.5, 0.6) is 0 Å². The fourth-order valence-corrected chi connectivity index (χ4v) is 2.38. The Morgan fingerprint density at radius 2 is 1.29 bits per heavy atom. The molecule has 108 valence electrons. The Kier molecular flexibility index (Phi) is 5.17. The lowest BCUT2D eigenvalue weighted by molar-refractivity contribution is -0.140. The van der Waals surface area contributed by atoms with Gasteiger partial charge in [0.25, 0.3) is 0 Å². The lowest BCUT2D eigenvalue weighted by atomic mass is 9.69. The number of carbonyl (C=O) groups excluding carboxylic acids is 2. The number of carbonyl (C=O) groups is 3. The van der Waals surface area contributed by atoms with Gasteiger partial charge >= 0.3 is 5.97 Å². The van der Waals surface area contributed by atoms with Crippen molar-refractivity contribution in [1.29, 1.82) is 0 Å². The first kappa shape index (κ1) is 16.2. The van der Waals surface area contributed by atoms with Gasteiger partial charge < -0.3 is 5.11 Å². The smallest absolute Gasteiger partial charge is 0.303 e. The van der Waals surface area contributed by atoms with Crippen LogP contribution >= 0.6 is 0 Å². The van der Waals surface area contributed by atoms with Gasteiger partial charge in [-0.05, 0) is 64.7 Å². The van der Waals surface area contributed by atoms with Crippen LogP contribution < -0.4 is 0 Å². The van der Waals surface area contributed by atoms with Crippen molar-refractivity contribution in [3.8, 4) is 0 Å². The summed E-state index contributed by atoms with van der Waals surface area (Å²) in [6, 6.07) is 0. The van der Waals surface area contributed by atoms with Crippen LogP contribution in [-0.4, -0.2) is 22.6 Å². The summed E-state index contributed by atoms with van der Waals surface area (Å²) in [5.74, 6) is -0.822. The van der Waals surface area contributed by atoms with E-state index in [1.165, 1.54) is 6.92 Å².